The lowest BCUT2D eigenvalue weighted by Crippen LogP contribution is -2.13. The zero-order valence-electron chi connectivity index (χ0n) is 14.1. The number of amides is 1. The van der Waals surface area contributed by atoms with Crippen molar-refractivity contribution in [3.8, 4) is 11.5 Å². The van der Waals surface area contributed by atoms with Gasteiger partial charge in [0.25, 0.3) is 5.91 Å². The fourth-order valence-corrected chi connectivity index (χ4v) is 4.04. The predicted molar refractivity (Wildman–Crippen MR) is 108 cm³/mol. The van der Waals surface area contributed by atoms with Gasteiger partial charge in [-0.1, -0.05) is 47.4 Å². The molecule has 0 aliphatic rings. The van der Waals surface area contributed by atoms with E-state index >= 15 is 0 Å². The summed E-state index contributed by atoms with van der Waals surface area (Å²) in [5.41, 5.74) is 1.82. The molecule has 0 spiro atoms. The minimum absolute atomic E-state index is 0.266. The van der Waals surface area contributed by atoms with Crippen molar-refractivity contribution in [1.82, 2.24) is 15.2 Å². The summed E-state index contributed by atoms with van der Waals surface area (Å²) in [5.74, 6) is 1.08. The number of thioether (sulfide) groups is 1. The van der Waals surface area contributed by atoms with Crippen LogP contribution in [-0.4, -0.2) is 26.8 Å². The second-order valence-corrected chi connectivity index (χ2v) is 7.72. The number of carbonyl (C=O) groups is 1. The number of aromatic nitrogens is 3. The van der Waals surface area contributed by atoms with Crippen molar-refractivity contribution in [3.05, 3.63) is 66.9 Å². The standard InChI is InChI=1S/C19H14N4O2S2/c1-2-10-26-19-23-22-18(27-19)21-17(24)13-11-15(16-8-5-9-25-16)20-14-7-4-3-6-12(13)14/h2-9,11H,1,10H2,(H,21,22,24). The number of anilines is 1. The molecule has 0 fully saturated rings. The Labute approximate surface area is 163 Å². The summed E-state index contributed by atoms with van der Waals surface area (Å²) < 4.78 is 6.22. The molecule has 4 aromatic rings. The topological polar surface area (TPSA) is 80.9 Å². The first-order valence-electron chi connectivity index (χ1n) is 8.07. The van der Waals surface area contributed by atoms with Crippen molar-refractivity contribution in [3.63, 3.8) is 0 Å². The first kappa shape index (κ1) is 17.4. The summed E-state index contributed by atoms with van der Waals surface area (Å²) in [5, 5.41) is 12.1. The van der Waals surface area contributed by atoms with Crippen LogP contribution in [0.4, 0.5) is 5.13 Å². The SMILES string of the molecule is C=CCSc1nnc(NC(=O)c2cc(-c3ccco3)nc3ccccc23)s1. The van der Waals surface area contributed by atoms with E-state index < -0.39 is 0 Å². The van der Waals surface area contributed by atoms with Gasteiger partial charge in [0, 0.05) is 11.1 Å². The Morgan fingerprint density at radius 3 is 2.96 bits per heavy atom. The quantitative estimate of drug-likeness (QED) is 0.285. The Morgan fingerprint density at radius 1 is 1.26 bits per heavy atom. The van der Waals surface area contributed by atoms with Crippen molar-refractivity contribution < 1.29 is 9.21 Å². The maximum absolute atomic E-state index is 12.9. The molecule has 3 heterocycles. The number of nitrogens with one attached hydrogen (secondary N) is 1. The van der Waals surface area contributed by atoms with Gasteiger partial charge >= 0.3 is 0 Å². The molecule has 0 aliphatic heterocycles. The third-order valence-electron chi connectivity index (χ3n) is 3.69. The average Bonchev–Trinajstić information content (AvgIpc) is 3.37. The van der Waals surface area contributed by atoms with E-state index in [2.05, 4.69) is 27.1 Å². The third-order valence-corrected chi connectivity index (χ3v) is 5.65. The van der Waals surface area contributed by atoms with Gasteiger partial charge < -0.3 is 4.42 Å². The van der Waals surface area contributed by atoms with Gasteiger partial charge in [0.1, 0.15) is 5.69 Å². The zero-order valence-corrected chi connectivity index (χ0v) is 15.7. The molecule has 6 nitrogen and oxygen atoms in total. The lowest BCUT2D eigenvalue weighted by atomic mass is 10.1. The largest absolute Gasteiger partial charge is 0.463 e. The number of rotatable bonds is 6. The number of furan rings is 1. The number of nitrogens with zero attached hydrogens (tertiary/aromatic N) is 3. The Kier molecular flexibility index (Phi) is 4.99. The van der Waals surface area contributed by atoms with Gasteiger partial charge in [0.05, 0.1) is 17.3 Å². The maximum Gasteiger partial charge on any atom is 0.258 e. The molecule has 1 amide bonds. The minimum atomic E-state index is -0.266. The summed E-state index contributed by atoms with van der Waals surface area (Å²) in [6.07, 6.45) is 3.37. The molecule has 0 radical (unpaired) electrons. The summed E-state index contributed by atoms with van der Waals surface area (Å²) in [4.78, 5) is 17.5. The Balaban J connectivity index is 1.68. The van der Waals surface area contributed by atoms with Gasteiger partial charge in [-0.2, -0.15) is 0 Å². The number of benzene rings is 1. The van der Waals surface area contributed by atoms with Gasteiger partial charge in [-0.05, 0) is 24.3 Å². The second kappa shape index (κ2) is 7.73. The van der Waals surface area contributed by atoms with E-state index in [4.69, 9.17) is 4.42 Å². The van der Waals surface area contributed by atoms with E-state index in [1.807, 2.05) is 30.3 Å². The number of carbonyl (C=O) groups excluding carboxylic acids is 1. The first-order valence-corrected chi connectivity index (χ1v) is 9.87. The number of fused-ring (bicyclic) bond motifs is 1. The first-order chi connectivity index (χ1) is 13.2. The summed E-state index contributed by atoms with van der Waals surface area (Å²) in [6, 6.07) is 12.8. The highest BCUT2D eigenvalue weighted by atomic mass is 32.2. The van der Waals surface area contributed by atoms with E-state index in [1.165, 1.54) is 23.1 Å². The van der Waals surface area contributed by atoms with E-state index in [0.29, 0.717) is 22.1 Å². The molecule has 134 valence electrons. The molecule has 0 saturated heterocycles. The van der Waals surface area contributed by atoms with Gasteiger partial charge in [-0.25, -0.2) is 4.98 Å². The van der Waals surface area contributed by atoms with E-state index in [9.17, 15) is 4.79 Å². The number of para-hydroxylation sites is 1. The van der Waals surface area contributed by atoms with Gasteiger partial charge in [0.2, 0.25) is 5.13 Å². The van der Waals surface area contributed by atoms with Crippen LogP contribution in [0.3, 0.4) is 0 Å². The van der Waals surface area contributed by atoms with E-state index in [0.717, 1.165) is 21.0 Å². The van der Waals surface area contributed by atoms with E-state index in [1.54, 1.807) is 24.5 Å². The average molecular weight is 394 g/mol. The highest BCUT2D eigenvalue weighted by molar-refractivity contribution is 8.01. The van der Waals surface area contributed by atoms with Gasteiger partial charge in [0.15, 0.2) is 10.1 Å². The van der Waals surface area contributed by atoms with E-state index in [-0.39, 0.29) is 5.91 Å². The van der Waals surface area contributed by atoms with Crippen LogP contribution in [0, 0.1) is 0 Å². The van der Waals surface area contributed by atoms with Crippen LogP contribution in [0.25, 0.3) is 22.4 Å². The van der Waals surface area contributed by atoms with Crippen LogP contribution >= 0.6 is 23.1 Å². The second-order valence-electron chi connectivity index (χ2n) is 5.48. The molecule has 1 N–H and O–H groups in total. The van der Waals surface area contributed by atoms with Crippen LogP contribution in [-0.2, 0) is 0 Å². The molecule has 0 atom stereocenters. The molecule has 3 aromatic heterocycles. The summed E-state index contributed by atoms with van der Waals surface area (Å²) >= 11 is 2.85. The fraction of sp³-hybridized carbons (Fsp3) is 0.0526. The molecule has 8 heteroatoms. The van der Waals surface area contributed by atoms with Gasteiger partial charge in [-0.3, -0.25) is 10.1 Å². The van der Waals surface area contributed by atoms with Crippen molar-refractivity contribution >= 4 is 45.0 Å². The third kappa shape index (κ3) is 3.76. The Morgan fingerprint density at radius 2 is 2.15 bits per heavy atom. The number of hydrogen-bond donors (Lipinski definition) is 1. The number of hydrogen-bond acceptors (Lipinski definition) is 7. The lowest BCUT2D eigenvalue weighted by molar-refractivity contribution is 0.102. The molecule has 0 unspecified atom stereocenters. The molecule has 0 bridgehead atoms. The molecular formula is C19H14N4O2S2. The highest BCUT2D eigenvalue weighted by Gasteiger charge is 2.16. The highest BCUT2D eigenvalue weighted by Crippen LogP contribution is 2.28. The van der Waals surface area contributed by atoms with Crippen molar-refractivity contribution in [2.45, 2.75) is 4.34 Å². The molecule has 27 heavy (non-hydrogen) atoms. The monoisotopic (exact) mass is 394 g/mol. The van der Waals surface area contributed by atoms with Crippen molar-refractivity contribution in [1.29, 1.82) is 0 Å². The fourth-order valence-electron chi connectivity index (χ4n) is 2.53. The van der Waals surface area contributed by atoms with Crippen LogP contribution in [0.1, 0.15) is 10.4 Å². The molecule has 0 saturated carbocycles. The molecule has 1 aromatic carbocycles. The normalized spacial score (nSPS) is 10.8. The Hall–Kier alpha value is -2.97. The zero-order chi connectivity index (χ0) is 18.6. The number of pyridine rings is 1. The maximum atomic E-state index is 12.9. The smallest absolute Gasteiger partial charge is 0.258 e. The lowest BCUT2D eigenvalue weighted by Gasteiger charge is -2.08. The predicted octanol–water partition coefficient (Wildman–Crippen LogP) is 4.88. The van der Waals surface area contributed by atoms with Crippen LogP contribution in [0.15, 0.2) is 70.1 Å². The Bertz CT molecular complexity index is 1110. The van der Waals surface area contributed by atoms with Crippen molar-refractivity contribution in [2.75, 3.05) is 11.1 Å². The van der Waals surface area contributed by atoms with Crippen LogP contribution in [0.5, 0.6) is 0 Å². The summed E-state index contributed by atoms with van der Waals surface area (Å²) in [7, 11) is 0. The molecule has 0 aliphatic carbocycles. The summed E-state index contributed by atoms with van der Waals surface area (Å²) in [6.45, 7) is 3.68. The van der Waals surface area contributed by atoms with Gasteiger partial charge in [-0.15, -0.1) is 16.8 Å². The molecular weight excluding hydrogens is 380 g/mol. The van der Waals surface area contributed by atoms with Crippen LogP contribution in [0.2, 0.25) is 0 Å². The minimum Gasteiger partial charge on any atom is -0.463 e. The molecule has 4 rings (SSSR count). The van der Waals surface area contributed by atoms with Crippen molar-refractivity contribution in [2.24, 2.45) is 0 Å². The van der Waals surface area contributed by atoms with Crippen LogP contribution < -0.4 is 5.32 Å².